The Morgan fingerprint density at radius 2 is 1.76 bits per heavy atom. The average Bonchev–Trinajstić information content (AvgIpc) is 2.88. The molecule has 200 valence electrons. The van der Waals surface area contributed by atoms with Gasteiger partial charge in [-0.15, -0.1) is 0 Å². The molecule has 0 aliphatic rings. The summed E-state index contributed by atoms with van der Waals surface area (Å²) < 4.78 is 27.4. The van der Waals surface area contributed by atoms with E-state index in [4.69, 9.17) is 9.47 Å². The van der Waals surface area contributed by atoms with Gasteiger partial charge < -0.3 is 14.8 Å². The molecule has 0 heterocycles. The Labute approximate surface area is 238 Å². The number of rotatable bonds is 11. The molecule has 1 unspecified atom stereocenters. The lowest BCUT2D eigenvalue weighted by Crippen LogP contribution is -2.48. The third-order valence-electron chi connectivity index (χ3n) is 5.37. The van der Waals surface area contributed by atoms with Crippen molar-refractivity contribution in [2.24, 2.45) is 11.0 Å². The molecule has 0 aromatic heterocycles. The minimum Gasteiger partial charge on any atom is -0.490 e. The van der Waals surface area contributed by atoms with Crippen molar-refractivity contribution >= 4 is 49.9 Å². The minimum absolute atomic E-state index is 0.134. The Hall–Kier alpha value is -3.24. The monoisotopic (exact) mass is 647 g/mol. The largest absolute Gasteiger partial charge is 0.490 e. The number of nitrogens with zero attached hydrogens (tertiary/aromatic N) is 1. The van der Waals surface area contributed by atoms with Gasteiger partial charge in [0.15, 0.2) is 11.5 Å². The van der Waals surface area contributed by atoms with Gasteiger partial charge in [-0.3, -0.25) is 9.59 Å². The van der Waals surface area contributed by atoms with E-state index in [9.17, 15) is 14.0 Å². The summed E-state index contributed by atoms with van der Waals surface area (Å²) in [5.74, 6) is -1.06. The summed E-state index contributed by atoms with van der Waals surface area (Å²) in [7, 11) is 0. The van der Waals surface area contributed by atoms with Gasteiger partial charge in [0.25, 0.3) is 11.8 Å². The minimum atomic E-state index is -0.917. The number of hydrogen-bond acceptors (Lipinski definition) is 5. The number of nitrogens with one attached hydrogen (secondary N) is 2. The van der Waals surface area contributed by atoms with Gasteiger partial charge in [0.05, 0.1) is 22.9 Å². The molecular formula is C28H28Br2FN3O4. The average molecular weight is 649 g/mol. The van der Waals surface area contributed by atoms with Crippen molar-refractivity contribution in [2.75, 3.05) is 6.61 Å². The maximum absolute atomic E-state index is 14.0. The van der Waals surface area contributed by atoms with Gasteiger partial charge in [-0.2, -0.15) is 5.10 Å². The zero-order valence-corrected chi connectivity index (χ0v) is 24.3. The second kappa shape index (κ2) is 14.1. The Kier molecular flexibility index (Phi) is 10.8. The van der Waals surface area contributed by atoms with E-state index in [1.165, 1.54) is 24.4 Å². The predicted octanol–water partition coefficient (Wildman–Crippen LogP) is 6.23. The Morgan fingerprint density at radius 3 is 2.42 bits per heavy atom. The molecule has 3 aromatic rings. The summed E-state index contributed by atoms with van der Waals surface area (Å²) in [6, 6.07) is 16.0. The highest BCUT2D eigenvalue weighted by atomic mass is 79.9. The summed E-state index contributed by atoms with van der Waals surface area (Å²) in [5, 5.41) is 6.63. The van der Waals surface area contributed by atoms with Crippen molar-refractivity contribution < 1.29 is 23.5 Å². The lowest BCUT2D eigenvalue weighted by atomic mass is 10.0. The van der Waals surface area contributed by atoms with Crippen molar-refractivity contribution in [3.8, 4) is 11.5 Å². The van der Waals surface area contributed by atoms with Crippen LogP contribution in [0.5, 0.6) is 11.5 Å². The number of hydrazone groups is 1. The first-order valence-corrected chi connectivity index (χ1v) is 13.5. The van der Waals surface area contributed by atoms with Crippen LogP contribution in [0.3, 0.4) is 0 Å². The molecule has 3 rings (SSSR count). The number of hydrogen-bond donors (Lipinski definition) is 2. The Morgan fingerprint density at radius 1 is 1.05 bits per heavy atom. The third-order valence-corrected chi connectivity index (χ3v) is 6.49. The van der Waals surface area contributed by atoms with Gasteiger partial charge >= 0.3 is 0 Å². The molecule has 2 amide bonds. The summed E-state index contributed by atoms with van der Waals surface area (Å²) in [4.78, 5) is 25.3. The van der Waals surface area contributed by atoms with Crippen LogP contribution < -0.4 is 20.2 Å². The molecule has 0 aliphatic carbocycles. The molecular weight excluding hydrogens is 621 g/mol. The first-order valence-electron chi connectivity index (χ1n) is 11.9. The zero-order valence-electron chi connectivity index (χ0n) is 21.1. The Balaban J connectivity index is 1.69. The van der Waals surface area contributed by atoms with Crippen LogP contribution in [0, 0.1) is 11.7 Å². The summed E-state index contributed by atoms with van der Waals surface area (Å²) in [6.45, 7) is 6.19. The van der Waals surface area contributed by atoms with Gasteiger partial charge in [0.1, 0.15) is 18.5 Å². The molecule has 0 bridgehead atoms. The van der Waals surface area contributed by atoms with Crippen LogP contribution in [0.4, 0.5) is 4.39 Å². The van der Waals surface area contributed by atoms with Crippen molar-refractivity contribution in [1.82, 2.24) is 10.7 Å². The highest BCUT2D eigenvalue weighted by Gasteiger charge is 2.25. The normalized spacial score (nSPS) is 11.9. The van der Waals surface area contributed by atoms with Crippen molar-refractivity contribution in [2.45, 2.75) is 33.4 Å². The molecule has 0 aliphatic heterocycles. The molecule has 0 spiro atoms. The van der Waals surface area contributed by atoms with Gasteiger partial charge in [-0.1, -0.05) is 54.0 Å². The molecule has 2 N–H and O–H groups in total. The van der Waals surface area contributed by atoms with Crippen LogP contribution in [-0.2, 0) is 11.4 Å². The summed E-state index contributed by atoms with van der Waals surface area (Å²) in [5.41, 5.74) is 3.96. The molecule has 38 heavy (non-hydrogen) atoms. The third kappa shape index (κ3) is 8.13. The summed E-state index contributed by atoms with van der Waals surface area (Å²) in [6.07, 6.45) is 1.46. The van der Waals surface area contributed by atoms with Crippen LogP contribution in [0.1, 0.15) is 42.3 Å². The maximum Gasteiger partial charge on any atom is 0.262 e. The van der Waals surface area contributed by atoms with E-state index in [0.717, 1.165) is 10.0 Å². The molecule has 3 aromatic carbocycles. The lowest BCUT2D eigenvalue weighted by Gasteiger charge is -2.20. The second-order valence-electron chi connectivity index (χ2n) is 8.59. The molecule has 0 fully saturated rings. The van der Waals surface area contributed by atoms with Gasteiger partial charge in [0.2, 0.25) is 0 Å². The van der Waals surface area contributed by atoms with E-state index < -0.39 is 23.7 Å². The molecule has 7 nitrogen and oxygen atoms in total. The van der Waals surface area contributed by atoms with E-state index in [1.54, 1.807) is 32.0 Å². The summed E-state index contributed by atoms with van der Waals surface area (Å²) >= 11 is 6.95. The van der Waals surface area contributed by atoms with Gasteiger partial charge in [-0.05, 0) is 76.3 Å². The highest BCUT2D eigenvalue weighted by Crippen LogP contribution is 2.37. The first kappa shape index (κ1) is 29.3. The number of halogens is 3. The van der Waals surface area contributed by atoms with Gasteiger partial charge in [-0.25, -0.2) is 9.82 Å². The number of ether oxygens (including phenoxy) is 2. The highest BCUT2D eigenvalue weighted by molar-refractivity contribution is 9.10. The Bertz CT molecular complexity index is 1300. The fourth-order valence-corrected chi connectivity index (χ4v) is 4.28. The molecule has 0 saturated carbocycles. The standard InChI is InChI=1S/C28H28Br2FN3O4/c1-4-37-24-14-19(13-22(30)26(24)38-16-18-9-11-20(29)12-10-18)15-32-34-28(36)25(17(2)3)33-27(35)21-7-5-6-8-23(21)31/h5-15,17,25H,4,16H2,1-3H3,(H,33,35)(H,34,36)/b32-15+. The fraction of sp³-hybridized carbons (Fsp3) is 0.250. The van der Waals surface area contributed by atoms with E-state index in [2.05, 4.69) is 47.7 Å². The number of amides is 2. The topological polar surface area (TPSA) is 89.0 Å². The molecule has 0 radical (unpaired) electrons. The SMILES string of the molecule is CCOc1cc(/C=N/NC(=O)C(NC(=O)c2ccccc2F)C(C)C)cc(Br)c1OCc1ccc(Br)cc1. The van der Waals surface area contributed by atoms with Crippen molar-refractivity contribution in [3.63, 3.8) is 0 Å². The maximum atomic E-state index is 14.0. The zero-order chi connectivity index (χ0) is 27.7. The van der Waals surface area contributed by atoms with E-state index >= 15 is 0 Å². The van der Waals surface area contributed by atoms with Crippen LogP contribution in [0.2, 0.25) is 0 Å². The second-order valence-corrected chi connectivity index (χ2v) is 10.4. The quantitative estimate of drug-likeness (QED) is 0.191. The molecule has 10 heteroatoms. The number of carbonyl (C=O) groups excluding carboxylic acids is 2. The lowest BCUT2D eigenvalue weighted by molar-refractivity contribution is -0.123. The van der Waals surface area contributed by atoms with Crippen LogP contribution in [0.25, 0.3) is 0 Å². The first-order chi connectivity index (χ1) is 18.2. The fourth-order valence-electron chi connectivity index (χ4n) is 3.44. The van der Waals surface area contributed by atoms with Crippen LogP contribution >= 0.6 is 31.9 Å². The van der Waals surface area contributed by atoms with Crippen molar-refractivity contribution in [1.29, 1.82) is 0 Å². The van der Waals surface area contributed by atoms with E-state index in [-0.39, 0.29) is 11.5 Å². The molecule has 1 atom stereocenters. The van der Waals surface area contributed by atoms with E-state index in [0.29, 0.717) is 34.7 Å². The van der Waals surface area contributed by atoms with E-state index in [1.807, 2.05) is 31.2 Å². The number of carbonyl (C=O) groups is 2. The van der Waals surface area contributed by atoms with Crippen LogP contribution in [-0.4, -0.2) is 30.7 Å². The molecule has 0 saturated heterocycles. The van der Waals surface area contributed by atoms with Crippen LogP contribution in [0.15, 0.2) is 74.7 Å². The predicted molar refractivity (Wildman–Crippen MR) is 152 cm³/mol. The van der Waals surface area contributed by atoms with Crippen molar-refractivity contribution in [3.05, 3.63) is 92.1 Å². The number of benzene rings is 3. The smallest absolute Gasteiger partial charge is 0.262 e. The van der Waals surface area contributed by atoms with Gasteiger partial charge in [0, 0.05) is 4.47 Å².